The van der Waals surface area contributed by atoms with Crippen molar-refractivity contribution in [1.29, 1.82) is 0 Å². The molecule has 0 amide bonds. The van der Waals surface area contributed by atoms with Crippen molar-refractivity contribution < 1.29 is 4.42 Å². The van der Waals surface area contributed by atoms with E-state index in [0.717, 1.165) is 22.3 Å². The second kappa shape index (κ2) is 8.12. The van der Waals surface area contributed by atoms with Crippen molar-refractivity contribution >= 4 is 67.9 Å². The maximum atomic E-state index is 6.28. The Labute approximate surface area is 201 Å². The average Bonchev–Trinajstić information content (AvgIpc) is 3.26. The summed E-state index contributed by atoms with van der Waals surface area (Å²) in [7, 11) is 0. The smallest absolute Gasteiger partial charge is 0.153 e. The molecule has 0 fully saturated rings. The Bertz CT molecular complexity index is 1620. The predicted octanol–water partition coefficient (Wildman–Crippen LogP) is 9.88. The molecule has 5 aromatic carbocycles. The second-order valence-corrected chi connectivity index (χ2v) is 8.95. The molecule has 0 aliphatic rings. The van der Waals surface area contributed by atoms with Crippen LogP contribution in [0.1, 0.15) is 11.1 Å². The first-order chi connectivity index (χ1) is 16.2. The van der Waals surface area contributed by atoms with Gasteiger partial charge in [0.15, 0.2) is 5.58 Å². The normalized spacial score (nSPS) is 11.8. The second-order valence-electron chi connectivity index (χ2n) is 8.10. The Balaban J connectivity index is 1.37. The van der Waals surface area contributed by atoms with Crippen LogP contribution < -0.4 is 0 Å². The Morgan fingerprint density at radius 3 is 1.97 bits per heavy atom. The molecule has 33 heavy (non-hydrogen) atoms. The molecule has 1 nitrogen and oxygen atoms in total. The molecule has 0 radical (unpaired) electrons. The monoisotopic (exact) mass is 464 g/mol. The SMILES string of the molecule is Clc1cc(Cl)c2oc(-c3ccc(C=Cc4c5ccccc5cc5ccccc45)cc3)cc2c1. The Hall–Kier alpha value is -3.52. The molecule has 158 valence electrons. The highest BCUT2D eigenvalue weighted by atomic mass is 35.5. The lowest BCUT2D eigenvalue weighted by Crippen LogP contribution is -1.83. The van der Waals surface area contributed by atoms with Crippen LogP contribution in [-0.4, -0.2) is 0 Å². The van der Waals surface area contributed by atoms with Gasteiger partial charge in [0.05, 0.1) is 5.02 Å². The lowest BCUT2D eigenvalue weighted by atomic mass is 9.96. The first-order valence-corrected chi connectivity index (χ1v) is 11.5. The fourth-order valence-corrected chi connectivity index (χ4v) is 4.93. The molecule has 3 heteroatoms. The zero-order valence-corrected chi connectivity index (χ0v) is 19.1. The van der Waals surface area contributed by atoms with Crippen LogP contribution >= 0.6 is 23.2 Å². The number of benzene rings is 5. The van der Waals surface area contributed by atoms with Crippen LogP contribution in [0.25, 0.3) is 56.0 Å². The highest BCUT2D eigenvalue weighted by Gasteiger charge is 2.10. The third kappa shape index (κ3) is 3.70. The van der Waals surface area contributed by atoms with Crippen LogP contribution in [0, 0.1) is 0 Å². The first-order valence-electron chi connectivity index (χ1n) is 10.7. The molecule has 0 unspecified atom stereocenters. The van der Waals surface area contributed by atoms with E-state index in [1.54, 1.807) is 6.07 Å². The van der Waals surface area contributed by atoms with Gasteiger partial charge in [-0.15, -0.1) is 0 Å². The summed E-state index contributed by atoms with van der Waals surface area (Å²) in [5.74, 6) is 0.768. The maximum absolute atomic E-state index is 6.28. The molecule has 0 aliphatic carbocycles. The number of halogens is 2. The van der Waals surface area contributed by atoms with Crippen LogP contribution in [0.2, 0.25) is 10.0 Å². The van der Waals surface area contributed by atoms with Crippen molar-refractivity contribution in [2.45, 2.75) is 0 Å². The van der Waals surface area contributed by atoms with Gasteiger partial charge in [-0.1, -0.05) is 108 Å². The summed E-state index contributed by atoms with van der Waals surface area (Å²) in [6, 6.07) is 33.2. The molecule has 0 saturated heterocycles. The van der Waals surface area contributed by atoms with Crippen molar-refractivity contribution in [3.63, 3.8) is 0 Å². The molecule has 0 saturated carbocycles. The van der Waals surface area contributed by atoms with Gasteiger partial charge in [-0.25, -0.2) is 0 Å². The molecule has 1 heterocycles. The highest BCUT2D eigenvalue weighted by Crippen LogP contribution is 2.35. The summed E-state index contributed by atoms with van der Waals surface area (Å²) < 4.78 is 6.00. The van der Waals surface area contributed by atoms with Crippen molar-refractivity contribution in [1.82, 2.24) is 0 Å². The summed E-state index contributed by atoms with van der Waals surface area (Å²) in [6.07, 6.45) is 4.37. The van der Waals surface area contributed by atoms with Gasteiger partial charge < -0.3 is 4.42 Å². The van der Waals surface area contributed by atoms with Gasteiger partial charge in [0, 0.05) is 16.0 Å². The molecule has 6 rings (SSSR count). The van der Waals surface area contributed by atoms with Gasteiger partial charge in [-0.2, -0.15) is 0 Å². The van der Waals surface area contributed by atoms with E-state index in [4.69, 9.17) is 27.6 Å². The van der Waals surface area contributed by atoms with E-state index < -0.39 is 0 Å². The molecule has 0 bridgehead atoms. The fraction of sp³-hybridized carbons (Fsp3) is 0. The van der Waals surface area contributed by atoms with E-state index in [9.17, 15) is 0 Å². The third-order valence-corrected chi connectivity index (χ3v) is 6.49. The summed E-state index contributed by atoms with van der Waals surface area (Å²) in [4.78, 5) is 0. The molecule has 0 N–H and O–H groups in total. The zero-order valence-electron chi connectivity index (χ0n) is 17.6. The topological polar surface area (TPSA) is 13.1 Å². The van der Waals surface area contributed by atoms with Crippen LogP contribution in [0.3, 0.4) is 0 Å². The molecule has 1 aromatic heterocycles. The maximum Gasteiger partial charge on any atom is 0.153 e. The van der Waals surface area contributed by atoms with Crippen LogP contribution in [0.4, 0.5) is 0 Å². The minimum absolute atomic E-state index is 0.519. The van der Waals surface area contributed by atoms with Gasteiger partial charge in [0.25, 0.3) is 0 Å². The number of furan rings is 1. The highest BCUT2D eigenvalue weighted by molar-refractivity contribution is 6.38. The molecule has 0 atom stereocenters. The lowest BCUT2D eigenvalue weighted by molar-refractivity contribution is 0.631. The number of rotatable bonds is 3. The Morgan fingerprint density at radius 2 is 1.27 bits per heavy atom. The Morgan fingerprint density at radius 1 is 0.606 bits per heavy atom. The van der Waals surface area contributed by atoms with E-state index in [1.807, 2.05) is 12.1 Å². The first kappa shape index (κ1) is 20.1. The van der Waals surface area contributed by atoms with Crippen molar-refractivity contribution in [2.75, 3.05) is 0 Å². The molecular weight excluding hydrogens is 447 g/mol. The quantitative estimate of drug-likeness (QED) is 0.187. The predicted molar refractivity (Wildman–Crippen MR) is 142 cm³/mol. The summed E-state index contributed by atoms with van der Waals surface area (Å²) >= 11 is 12.4. The summed E-state index contributed by atoms with van der Waals surface area (Å²) in [5.41, 5.74) is 4.00. The molecule has 0 spiro atoms. The molecule has 0 aliphatic heterocycles. The van der Waals surface area contributed by atoms with Gasteiger partial charge in [-0.3, -0.25) is 0 Å². The van der Waals surface area contributed by atoms with Gasteiger partial charge in [0.2, 0.25) is 0 Å². The van der Waals surface area contributed by atoms with Gasteiger partial charge in [-0.05, 0) is 56.9 Å². The van der Waals surface area contributed by atoms with Gasteiger partial charge in [0.1, 0.15) is 5.76 Å². The van der Waals surface area contributed by atoms with Crippen LogP contribution in [-0.2, 0) is 0 Å². The number of hydrogen-bond acceptors (Lipinski definition) is 1. The average molecular weight is 465 g/mol. The van der Waals surface area contributed by atoms with Crippen LogP contribution in [0.15, 0.2) is 101 Å². The van der Waals surface area contributed by atoms with Gasteiger partial charge >= 0.3 is 0 Å². The van der Waals surface area contributed by atoms with E-state index in [2.05, 4.69) is 91.0 Å². The third-order valence-electron chi connectivity index (χ3n) is 5.99. The standard InChI is InChI=1S/C30H18Cl2O/c31-24-16-23-17-29(33-30(23)28(32)18-24)20-12-9-19(10-13-20)11-14-27-25-7-3-1-5-21(25)15-22-6-2-4-8-26(22)27/h1-18H. The minimum Gasteiger partial charge on any atom is -0.455 e. The zero-order chi connectivity index (χ0) is 22.4. The molecular formula is C30H18Cl2O. The largest absolute Gasteiger partial charge is 0.455 e. The van der Waals surface area contributed by atoms with E-state index in [1.165, 1.54) is 27.1 Å². The minimum atomic E-state index is 0.519. The van der Waals surface area contributed by atoms with Crippen LogP contribution in [0.5, 0.6) is 0 Å². The summed E-state index contributed by atoms with van der Waals surface area (Å²) in [5, 5.41) is 7.01. The van der Waals surface area contributed by atoms with E-state index in [-0.39, 0.29) is 0 Å². The summed E-state index contributed by atoms with van der Waals surface area (Å²) in [6.45, 7) is 0. The number of hydrogen-bond donors (Lipinski definition) is 0. The van der Waals surface area contributed by atoms with Crippen molar-refractivity contribution in [2.24, 2.45) is 0 Å². The Kier molecular flexibility index (Phi) is 4.95. The van der Waals surface area contributed by atoms with Crippen molar-refractivity contribution in [3.8, 4) is 11.3 Å². The molecule has 6 aromatic rings. The number of fused-ring (bicyclic) bond motifs is 3. The van der Waals surface area contributed by atoms with E-state index in [0.29, 0.717) is 15.6 Å². The van der Waals surface area contributed by atoms with E-state index >= 15 is 0 Å². The lowest BCUT2D eigenvalue weighted by Gasteiger charge is -2.08. The fourth-order valence-electron chi connectivity index (χ4n) is 4.38. The van der Waals surface area contributed by atoms with Crippen molar-refractivity contribution in [3.05, 3.63) is 118 Å².